The molecule has 0 heterocycles. The zero-order chi connectivity index (χ0) is 12.2. The summed E-state index contributed by atoms with van der Waals surface area (Å²) >= 11 is 0. The Kier molecular flexibility index (Phi) is 4.21. The van der Waals surface area contributed by atoms with Gasteiger partial charge < -0.3 is 10.8 Å². The van der Waals surface area contributed by atoms with E-state index in [-0.39, 0.29) is 5.78 Å². The average Bonchev–Trinajstić information content (AvgIpc) is 2.25. The molecule has 0 aliphatic heterocycles. The molecule has 1 aromatic carbocycles. The van der Waals surface area contributed by atoms with Crippen LogP contribution in [0.2, 0.25) is 0 Å². The largest absolute Gasteiger partial charge is 0.382 e. The van der Waals surface area contributed by atoms with E-state index in [2.05, 4.69) is 0 Å². The van der Waals surface area contributed by atoms with Crippen LogP contribution in [0.5, 0.6) is 0 Å². The molecule has 0 aliphatic carbocycles. The zero-order valence-electron chi connectivity index (χ0n) is 9.86. The second kappa shape index (κ2) is 5.23. The summed E-state index contributed by atoms with van der Waals surface area (Å²) in [6, 6.07) is 7.33. The Hall–Kier alpha value is -1.19. The van der Waals surface area contributed by atoms with Crippen molar-refractivity contribution >= 4 is 5.78 Å². The highest BCUT2D eigenvalue weighted by Gasteiger charge is 2.24. The van der Waals surface area contributed by atoms with Crippen molar-refractivity contribution in [3.8, 4) is 0 Å². The molecule has 3 N–H and O–H groups in total. The maximum Gasteiger partial charge on any atom is 0.193 e. The fraction of sp³-hybridized carbons (Fsp3) is 0.462. The van der Waals surface area contributed by atoms with Crippen LogP contribution >= 0.6 is 0 Å². The fourth-order valence-electron chi connectivity index (χ4n) is 1.48. The molecular weight excluding hydrogens is 202 g/mol. The number of hydrogen-bond acceptors (Lipinski definition) is 3. The summed E-state index contributed by atoms with van der Waals surface area (Å²) in [5, 5.41) is 9.58. The van der Waals surface area contributed by atoms with E-state index in [1.165, 1.54) is 13.8 Å². The van der Waals surface area contributed by atoms with Crippen molar-refractivity contribution < 1.29 is 9.90 Å². The van der Waals surface area contributed by atoms with Crippen LogP contribution in [0.15, 0.2) is 24.3 Å². The van der Waals surface area contributed by atoms with E-state index in [1.807, 2.05) is 12.1 Å². The van der Waals surface area contributed by atoms with E-state index >= 15 is 0 Å². The van der Waals surface area contributed by atoms with Crippen LogP contribution in [0.4, 0.5) is 0 Å². The molecule has 0 amide bonds. The van der Waals surface area contributed by atoms with Crippen molar-refractivity contribution in [1.82, 2.24) is 0 Å². The molecule has 0 atom stereocenters. The number of ketones is 1. The quantitative estimate of drug-likeness (QED) is 0.741. The Bertz CT molecular complexity index is 349. The van der Waals surface area contributed by atoms with Gasteiger partial charge in [0.1, 0.15) is 5.60 Å². The van der Waals surface area contributed by atoms with Crippen LogP contribution in [0.1, 0.15) is 36.2 Å². The normalized spacial score (nSPS) is 11.5. The van der Waals surface area contributed by atoms with Crippen LogP contribution in [-0.4, -0.2) is 23.0 Å². The molecule has 0 aromatic heterocycles. The summed E-state index contributed by atoms with van der Waals surface area (Å²) in [6.45, 7) is 3.67. The number of aliphatic hydroxyl groups is 1. The number of carbonyl (C=O) groups excluding carboxylic acids is 1. The Labute approximate surface area is 96.3 Å². The highest BCUT2D eigenvalue weighted by Crippen LogP contribution is 2.14. The third-order valence-corrected chi connectivity index (χ3v) is 2.44. The van der Waals surface area contributed by atoms with Gasteiger partial charge in [0.25, 0.3) is 0 Å². The van der Waals surface area contributed by atoms with E-state index in [9.17, 15) is 9.90 Å². The SMILES string of the molecule is CC(C)(O)C(=O)c1ccc(CCCN)cc1. The predicted octanol–water partition coefficient (Wildman–Crippen LogP) is 1.53. The smallest absolute Gasteiger partial charge is 0.193 e. The van der Waals surface area contributed by atoms with Crippen molar-refractivity contribution in [1.29, 1.82) is 0 Å². The van der Waals surface area contributed by atoms with Crippen LogP contribution < -0.4 is 5.73 Å². The first kappa shape index (κ1) is 12.9. The van der Waals surface area contributed by atoms with Crippen molar-refractivity contribution in [2.75, 3.05) is 6.54 Å². The predicted molar refractivity (Wildman–Crippen MR) is 64.4 cm³/mol. The van der Waals surface area contributed by atoms with E-state index < -0.39 is 5.60 Å². The van der Waals surface area contributed by atoms with Crippen LogP contribution in [0.25, 0.3) is 0 Å². The van der Waals surface area contributed by atoms with Gasteiger partial charge in [0.15, 0.2) is 5.78 Å². The highest BCUT2D eigenvalue weighted by molar-refractivity contribution is 6.01. The second-order valence-corrected chi connectivity index (χ2v) is 4.48. The van der Waals surface area contributed by atoms with Crippen molar-refractivity contribution in [2.24, 2.45) is 5.73 Å². The topological polar surface area (TPSA) is 63.3 Å². The minimum absolute atomic E-state index is 0.252. The molecule has 0 spiro atoms. The molecule has 1 rings (SSSR count). The summed E-state index contributed by atoms with van der Waals surface area (Å²) in [7, 11) is 0. The van der Waals surface area contributed by atoms with Crippen molar-refractivity contribution in [2.45, 2.75) is 32.3 Å². The third kappa shape index (κ3) is 3.43. The molecule has 3 nitrogen and oxygen atoms in total. The first-order valence-electron chi connectivity index (χ1n) is 5.51. The van der Waals surface area contributed by atoms with Gasteiger partial charge in [-0.2, -0.15) is 0 Å². The Balaban J connectivity index is 2.75. The zero-order valence-corrected chi connectivity index (χ0v) is 9.86. The minimum Gasteiger partial charge on any atom is -0.382 e. The van der Waals surface area contributed by atoms with Gasteiger partial charge in [0.05, 0.1) is 0 Å². The van der Waals surface area contributed by atoms with Crippen LogP contribution in [0.3, 0.4) is 0 Å². The molecule has 88 valence electrons. The Morgan fingerprint density at radius 2 is 1.88 bits per heavy atom. The van der Waals surface area contributed by atoms with Crippen LogP contribution in [0, 0.1) is 0 Å². The lowest BCUT2D eigenvalue weighted by atomic mass is 9.95. The summed E-state index contributed by atoms with van der Waals surface area (Å²) in [5.41, 5.74) is 5.83. The van der Waals surface area contributed by atoms with Crippen molar-refractivity contribution in [3.05, 3.63) is 35.4 Å². The molecule has 0 bridgehead atoms. The molecule has 3 heteroatoms. The molecule has 0 aliphatic rings. The number of aryl methyl sites for hydroxylation is 1. The average molecular weight is 221 g/mol. The van der Waals surface area contributed by atoms with E-state index in [4.69, 9.17) is 5.73 Å². The summed E-state index contributed by atoms with van der Waals surface area (Å²) < 4.78 is 0. The first-order chi connectivity index (χ1) is 7.45. The van der Waals surface area contributed by atoms with Gasteiger partial charge in [0.2, 0.25) is 0 Å². The van der Waals surface area contributed by atoms with Gasteiger partial charge in [-0.25, -0.2) is 0 Å². The molecule has 1 aromatic rings. The number of nitrogens with two attached hydrogens (primary N) is 1. The van der Waals surface area contributed by atoms with E-state index in [0.29, 0.717) is 12.1 Å². The number of Topliss-reactive ketones (excluding diaryl/α,β-unsaturated/α-hetero) is 1. The highest BCUT2D eigenvalue weighted by atomic mass is 16.3. The molecule has 0 fully saturated rings. The van der Waals surface area contributed by atoms with Gasteiger partial charge >= 0.3 is 0 Å². The molecule has 0 radical (unpaired) electrons. The third-order valence-electron chi connectivity index (χ3n) is 2.44. The van der Waals surface area contributed by atoms with Gasteiger partial charge in [-0.05, 0) is 38.8 Å². The molecular formula is C13H19NO2. The Morgan fingerprint density at radius 3 is 2.31 bits per heavy atom. The number of rotatable bonds is 5. The van der Waals surface area contributed by atoms with Gasteiger partial charge in [0, 0.05) is 5.56 Å². The second-order valence-electron chi connectivity index (χ2n) is 4.48. The lowest BCUT2D eigenvalue weighted by Crippen LogP contribution is -2.31. The van der Waals surface area contributed by atoms with E-state index in [0.717, 1.165) is 18.4 Å². The van der Waals surface area contributed by atoms with Crippen LogP contribution in [-0.2, 0) is 6.42 Å². The lowest BCUT2D eigenvalue weighted by molar-refractivity contribution is 0.0488. The molecule has 16 heavy (non-hydrogen) atoms. The maximum atomic E-state index is 11.7. The number of benzene rings is 1. The fourth-order valence-corrected chi connectivity index (χ4v) is 1.48. The lowest BCUT2D eigenvalue weighted by Gasteiger charge is -2.15. The molecule has 0 saturated carbocycles. The number of carbonyl (C=O) groups is 1. The molecule has 0 unspecified atom stereocenters. The minimum atomic E-state index is -1.31. The Morgan fingerprint density at radius 1 is 1.31 bits per heavy atom. The summed E-state index contributed by atoms with van der Waals surface area (Å²) in [4.78, 5) is 11.7. The van der Waals surface area contributed by atoms with Gasteiger partial charge in [-0.3, -0.25) is 4.79 Å². The standard InChI is InChI=1S/C13H19NO2/c1-13(2,16)12(15)11-7-5-10(6-8-11)4-3-9-14/h5-8,16H,3-4,9,14H2,1-2H3. The molecule has 0 saturated heterocycles. The summed E-state index contributed by atoms with van der Waals surface area (Å²) in [5.74, 6) is -0.252. The first-order valence-corrected chi connectivity index (χ1v) is 5.51. The van der Waals surface area contributed by atoms with Crippen molar-refractivity contribution in [3.63, 3.8) is 0 Å². The van der Waals surface area contributed by atoms with E-state index in [1.54, 1.807) is 12.1 Å². The van der Waals surface area contributed by atoms with Gasteiger partial charge in [-0.1, -0.05) is 24.3 Å². The number of hydrogen-bond donors (Lipinski definition) is 2. The maximum absolute atomic E-state index is 11.7. The monoisotopic (exact) mass is 221 g/mol. The van der Waals surface area contributed by atoms with Gasteiger partial charge in [-0.15, -0.1) is 0 Å². The summed E-state index contributed by atoms with van der Waals surface area (Å²) in [6.07, 6.45) is 1.87.